The van der Waals surface area contributed by atoms with E-state index >= 15 is 0 Å². The summed E-state index contributed by atoms with van der Waals surface area (Å²) < 4.78 is 0. The van der Waals surface area contributed by atoms with Crippen molar-refractivity contribution in [3.05, 3.63) is 0 Å². The average molecular weight is 222 g/mol. The maximum absolute atomic E-state index is 8.38. The van der Waals surface area contributed by atoms with E-state index in [1.807, 2.05) is 0 Å². The lowest BCUT2D eigenvalue weighted by molar-refractivity contribution is 0.110. The predicted molar refractivity (Wildman–Crippen MR) is 68.9 cm³/mol. The van der Waals surface area contributed by atoms with E-state index in [2.05, 4.69) is 25.7 Å². The van der Waals surface area contributed by atoms with Crippen LogP contribution in [0, 0.1) is 16.7 Å². The van der Waals surface area contributed by atoms with Gasteiger partial charge in [-0.15, -0.1) is 0 Å². The van der Waals surface area contributed by atoms with E-state index in [1.165, 1.54) is 38.5 Å². The van der Waals surface area contributed by atoms with Gasteiger partial charge < -0.3 is 4.90 Å². The molecule has 2 aliphatic rings. The first kappa shape index (κ1) is 11.9. The third-order valence-corrected chi connectivity index (χ3v) is 4.24. The van der Waals surface area contributed by atoms with Gasteiger partial charge in [-0.1, -0.05) is 33.6 Å². The monoisotopic (exact) mass is 222 g/mol. The summed E-state index contributed by atoms with van der Waals surface area (Å²) in [6, 6.07) is 0.689. The molecule has 1 saturated heterocycles. The smallest absolute Gasteiger partial charge is 0.102 e. The number of amidine groups is 1. The van der Waals surface area contributed by atoms with Crippen LogP contribution in [0.15, 0.2) is 0 Å². The Morgan fingerprint density at radius 2 is 1.69 bits per heavy atom. The van der Waals surface area contributed by atoms with Gasteiger partial charge in [0, 0.05) is 18.0 Å². The second-order valence-corrected chi connectivity index (χ2v) is 6.55. The standard InChI is InChI=1S/C14H26N2/c1-14(2,3)13(15)16-10-6-8-11-7-4-5-9-12(11)16/h11-12,15H,4-10H2,1-3H3/t11-,12-/m1/s1. The van der Waals surface area contributed by atoms with E-state index in [0.29, 0.717) is 6.04 Å². The summed E-state index contributed by atoms with van der Waals surface area (Å²) in [5, 5.41) is 8.38. The van der Waals surface area contributed by atoms with Crippen LogP contribution in [0.25, 0.3) is 0 Å². The van der Waals surface area contributed by atoms with E-state index in [1.54, 1.807) is 0 Å². The normalized spacial score (nSPS) is 31.1. The fourth-order valence-corrected chi connectivity index (χ4v) is 3.33. The van der Waals surface area contributed by atoms with Gasteiger partial charge in [0.05, 0.1) is 0 Å². The van der Waals surface area contributed by atoms with Crippen LogP contribution in [0.4, 0.5) is 0 Å². The van der Waals surface area contributed by atoms with Crippen LogP contribution in [0.2, 0.25) is 0 Å². The predicted octanol–water partition coefficient (Wildman–Crippen LogP) is 3.66. The molecule has 1 aliphatic carbocycles. The molecule has 0 bridgehead atoms. The number of hydrogen-bond donors (Lipinski definition) is 1. The van der Waals surface area contributed by atoms with Crippen LogP contribution in [0.3, 0.4) is 0 Å². The van der Waals surface area contributed by atoms with Crippen molar-refractivity contribution in [2.24, 2.45) is 11.3 Å². The number of nitrogens with zero attached hydrogens (tertiary/aromatic N) is 1. The minimum Gasteiger partial charge on any atom is -0.357 e. The van der Waals surface area contributed by atoms with Crippen LogP contribution in [0.1, 0.15) is 59.3 Å². The Morgan fingerprint density at radius 3 is 2.38 bits per heavy atom. The van der Waals surface area contributed by atoms with Gasteiger partial charge in [0.1, 0.15) is 5.84 Å². The molecule has 1 heterocycles. The Balaban J connectivity index is 2.11. The highest BCUT2D eigenvalue weighted by atomic mass is 15.2. The molecule has 2 nitrogen and oxygen atoms in total. The van der Waals surface area contributed by atoms with E-state index in [9.17, 15) is 0 Å². The molecule has 2 heteroatoms. The molecule has 1 saturated carbocycles. The number of fused-ring (bicyclic) bond motifs is 1. The van der Waals surface area contributed by atoms with Crippen molar-refractivity contribution in [2.75, 3.05) is 6.54 Å². The molecule has 2 atom stereocenters. The first-order chi connectivity index (χ1) is 7.50. The first-order valence-electron chi connectivity index (χ1n) is 6.86. The van der Waals surface area contributed by atoms with Gasteiger partial charge in [0.25, 0.3) is 0 Å². The molecule has 2 fully saturated rings. The zero-order valence-electron chi connectivity index (χ0n) is 11.1. The van der Waals surface area contributed by atoms with Crippen molar-refractivity contribution in [1.29, 1.82) is 5.41 Å². The molecule has 2 rings (SSSR count). The van der Waals surface area contributed by atoms with Crippen molar-refractivity contribution in [3.63, 3.8) is 0 Å². The van der Waals surface area contributed by atoms with Gasteiger partial charge in [-0.2, -0.15) is 0 Å². The largest absolute Gasteiger partial charge is 0.357 e. The Kier molecular flexibility index (Phi) is 3.27. The summed E-state index contributed by atoms with van der Waals surface area (Å²) in [4.78, 5) is 2.42. The van der Waals surface area contributed by atoms with E-state index in [0.717, 1.165) is 18.3 Å². The third kappa shape index (κ3) is 2.26. The van der Waals surface area contributed by atoms with Crippen molar-refractivity contribution >= 4 is 5.84 Å². The number of piperidine rings is 1. The topological polar surface area (TPSA) is 27.1 Å². The molecule has 0 unspecified atom stereocenters. The number of nitrogens with one attached hydrogen (secondary N) is 1. The molecule has 92 valence electrons. The van der Waals surface area contributed by atoms with Gasteiger partial charge in [0.15, 0.2) is 0 Å². The molecule has 0 aromatic heterocycles. The van der Waals surface area contributed by atoms with Crippen molar-refractivity contribution in [1.82, 2.24) is 4.90 Å². The Bertz CT molecular complexity index is 262. The highest BCUT2D eigenvalue weighted by molar-refractivity contribution is 5.84. The zero-order chi connectivity index (χ0) is 11.8. The first-order valence-corrected chi connectivity index (χ1v) is 6.86. The summed E-state index contributed by atoms with van der Waals surface area (Å²) in [5.41, 5.74) is 0.0132. The summed E-state index contributed by atoms with van der Waals surface area (Å²) in [5.74, 6) is 1.74. The number of rotatable bonds is 0. The van der Waals surface area contributed by atoms with E-state index < -0.39 is 0 Å². The third-order valence-electron chi connectivity index (χ3n) is 4.24. The second-order valence-electron chi connectivity index (χ2n) is 6.55. The molecule has 1 aliphatic heterocycles. The molecule has 0 spiro atoms. The summed E-state index contributed by atoms with van der Waals surface area (Å²) in [6.45, 7) is 7.63. The fourth-order valence-electron chi connectivity index (χ4n) is 3.33. The quantitative estimate of drug-likeness (QED) is 0.491. The number of likely N-dealkylation sites (tertiary alicyclic amines) is 1. The number of hydrogen-bond acceptors (Lipinski definition) is 1. The van der Waals surface area contributed by atoms with Crippen LogP contribution < -0.4 is 0 Å². The van der Waals surface area contributed by atoms with Crippen LogP contribution in [-0.2, 0) is 0 Å². The molecule has 16 heavy (non-hydrogen) atoms. The fraction of sp³-hybridized carbons (Fsp3) is 0.929. The van der Waals surface area contributed by atoms with Gasteiger partial charge >= 0.3 is 0 Å². The van der Waals surface area contributed by atoms with Crippen molar-refractivity contribution < 1.29 is 0 Å². The van der Waals surface area contributed by atoms with E-state index in [-0.39, 0.29) is 5.41 Å². The van der Waals surface area contributed by atoms with Gasteiger partial charge in [-0.05, 0) is 31.6 Å². The molecule has 0 aromatic carbocycles. The lowest BCUT2D eigenvalue weighted by atomic mass is 9.77. The lowest BCUT2D eigenvalue weighted by Gasteiger charge is -2.47. The molecule has 0 radical (unpaired) electrons. The maximum atomic E-state index is 8.38. The molecular weight excluding hydrogens is 196 g/mol. The zero-order valence-corrected chi connectivity index (χ0v) is 11.1. The summed E-state index contributed by atoms with van der Waals surface area (Å²) in [6.07, 6.45) is 8.20. The van der Waals surface area contributed by atoms with Gasteiger partial charge in [-0.3, -0.25) is 5.41 Å². The van der Waals surface area contributed by atoms with Gasteiger partial charge in [0.2, 0.25) is 0 Å². The van der Waals surface area contributed by atoms with Crippen LogP contribution in [0.5, 0.6) is 0 Å². The molecule has 0 aromatic rings. The summed E-state index contributed by atoms with van der Waals surface area (Å²) in [7, 11) is 0. The maximum Gasteiger partial charge on any atom is 0.102 e. The van der Waals surface area contributed by atoms with Crippen LogP contribution in [-0.4, -0.2) is 23.3 Å². The minimum atomic E-state index is 0.0132. The SMILES string of the molecule is CC(C)(C)C(=N)N1CCC[C@H]2CCCC[C@H]21. The molecule has 0 amide bonds. The summed E-state index contributed by atoms with van der Waals surface area (Å²) >= 11 is 0. The average Bonchev–Trinajstić information content (AvgIpc) is 2.26. The van der Waals surface area contributed by atoms with E-state index in [4.69, 9.17) is 5.41 Å². The van der Waals surface area contributed by atoms with Gasteiger partial charge in [-0.25, -0.2) is 0 Å². The molecule has 1 N–H and O–H groups in total. The van der Waals surface area contributed by atoms with Crippen LogP contribution >= 0.6 is 0 Å². The van der Waals surface area contributed by atoms with Crippen molar-refractivity contribution in [3.8, 4) is 0 Å². The Morgan fingerprint density at radius 1 is 1.06 bits per heavy atom. The van der Waals surface area contributed by atoms with Crippen molar-refractivity contribution in [2.45, 2.75) is 65.3 Å². The Hall–Kier alpha value is -0.530. The second kappa shape index (κ2) is 4.38. The molecular formula is C14H26N2. The highest BCUT2D eigenvalue weighted by Crippen LogP contribution is 2.37. The Labute approximate surface area is 99.9 Å². The lowest BCUT2D eigenvalue weighted by Crippen LogP contribution is -2.52. The minimum absolute atomic E-state index is 0.0132. The highest BCUT2D eigenvalue weighted by Gasteiger charge is 2.36.